The van der Waals surface area contributed by atoms with Crippen LogP contribution in [0.4, 0.5) is 11.4 Å². The number of benzene rings is 2. The van der Waals surface area contributed by atoms with E-state index in [1.807, 2.05) is 13.0 Å². The molecule has 0 atom stereocenters. The van der Waals surface area contributed by atoms with Crippen LogP contribution < -0.4 is 16.3 Å². The van der Waals surface area contributed by atoms with Crippen LogP contribution in [0.5, 0.6) is 0 Å². The van der Waals surface area contributed by atoms with Gasteiger partial charge in [-0.25, -0.2) is 14.4 Å². The minimum absolute atomic E-state index is 0.0868. The Morgan fingerprint density at radius 1 is 0.875 bits per heavy atom. The van der Waals surface area contributed by atoms with Crippen molar-refractivity contribution in [2.24, 2.45) is 0 Å². The molecule has 1 heterocycles. The number of aryl methyl sites for hydroxylation is 1. The van der Waals surface area contributed by atoms with Crippen molar-refractivity contribution >= 4 is 34.3 Å². The van der Waals surface area contributed by atoms with Gasteiger partial charge < -0.3 is 25.1 Å². The summed E-state index contributed by atoms with van der Waals surface area (Å²) in [5, 5.41) is 5.94. The smallest absolute Gasteiger partial charge is 0.357 e. The van der Waals surface area contributed by atoms with Crippen molar-refractivity contribution in [2.75, 3.05) is 23.8 Å². The summed E-state index contributed by atoms with van der Waals surface area (Å²) in [6.07, 6.45) is 0. The fourth-order valence-corrected chi connectivity index (χ4v) is 3.20. The van der Waals surface area contributed by atoms with Crippen molar-refractivity contribution in [3.05, 3.63) is 70.4 Å². The van der Waals surface area contributed by atoms with E-state index in [0.717, 1.165) is 5.52 Å². The number of aromatic amines is 1. The number of esters is 2. The lowest BCUT2D eigenvalue weighted by molar-refractivity contribution is -0.141. The van der Waals surface area contributed by atoms with Gasteiger partial charge in [-0.3, -0.25) is 4.57 Å². The molecule has 0 radical (unpaired) electrons. The van der Waals surface area contributed by atoms with Gasteiger partial charge in [0.15, 0.2) is 11.4 Å². The van der Waals surface area contributed by atoms with Crippen molar-refractivity contribution < 1.29 is 19.1 Å². The molecule has 0 bridgehead atoms. The number of nitrogens with one attached hydrogen (secondary N) is 3. The van der Waals surface area contributed by atoms with E-state index in [0.29, 0.717) is 23.4 Å². The SMILES string of the molecule is CCOC(=O)/C(Nc1ccccc1)=C(/Nc1ccc2c(c1)[nH]c(=O)n2CC)C(=O)OCC. The number of hydrogen-bond acceptors (Lipinski definition) is 7. The molecule has 3 aromatic rings. The van der Waals surface area contributed by atoms with Gasteiger partial charge >= 0.3 is 17.6 Å². The van der Waals surface area contributed by atoms with Gasteiger partial charge in [0, 0.05) is 17.9 Å². The highest BCUT2D eigenvalue weighted by Gasteiger charge is 2.24. The molecule has 9 heteroatoms. The number of carbonyl (C=O) groups excluding carboxylic acids is 2. The lowest BCUT2D eigenvalue weighted by Gasteiger charge is -2.17. The van der Waals surface area contributed by atoms with E-state index in [1.54, 1.807) is 60.9 Å². The van der Waals surface area contributed by atoms with E-state index >= 15 is 0 Å². The minimum atomic E-state index is -0.723. The molecule has 168 valence electrons. The van der Waals surface area contributed by atoms with Crippen molar-refractivity contribution in [3.8, 4) is 0 Å². The number of carbonyl (C=O) groups is 2. The maximum Gasteiger partial charge on any atom is 0.357 e. The first-order valence-electron chi connectivity index (χ1n) is 10.4. The largest absolute Gasteiger partial charge is 0.461 e. The minimum Gasteiger partial charge on any atom is -0.461 e. The van der Waals surface area contributed by atoms with Crippen molar-refractivity contribution in [1.82, 2.24) is 9.55 Å². The number of ether oxygens (including phenoxy) is 2. The van der Waals surface area contributed by atoms with Crippen molar-refractivity contribution in [1.29, 1.82) is 0 Å². The van der Waals surface area contributed by atoms with Crippen LogP contribution in [0.1, 0.15) is 20.8 Å². The molecule has 3 N–H and O–H groups in total. The molecular weight excluding hydrogens is 412 g/mol. The Hall–Kier alpha value is -4.01. The lowest BCUT2D eigenvalue weighted by atomic mass is 10.2. The molecule has 0 aliphatic carbocycles. The van der Waals surface area contributed by atoms with Gasteiger partial charge in [-0.1, -0.05) is 18.2 Å². The zero-order valence-corrected chi connectivity index (χ0v) is 18.2. The molecule has 32 heavy (non-hydrogen) atoms. The zero-order valence-electron chi connectivity index (χ0n) is 18.2. The van der Waals surface area contributed by atoms with Crippen LogP contribution in [0.2, 0.25) is 0 Å². The van der Waals surface area contributed by atoms with Gasteiger partial charge in [-0.15, -0.1) is 0 Å². The summed E-state index contributed by atoms with van der Waals surface area (Å²) in [4.78, 5) is 40.4. The number of imidazole rings is 1. The summed E-state index contributed by atoms with van der Waals surface area (Å²) in [5.74, 6) is -1.43. The van der Waals surface area contributed by atoms with Crippen molar-refractivity contribution in [3.63, 3.8) is 0 Å². The van der Waals surface area contributed by atoms with E-state index in [9.17, 15) is 14.4 Å². The quantitative estimate of drug-likeness (QED) is 0.347. The van der Waals surface area contributed by atoms with Crippen LogP contribution in [-0.2, 0) is 25.6 Å². The highest BCUT2D eigenvalue weighted by Crippen LogP contribution is 2.21. The fourth-order valence-electron chi connectivity index (χ4n) is 3.20. The number of aromatic nitrogens is 2. The molecule has 2 aromatic carbocycles. The van der Waals surface area contributed by atoms with Gasteiger partial charge in [0.05, 0.1) is 24.2 Å². The van der Waals surface area contributed by atoms with Crippen LogP contribution in [0, 0.1) is 0 Å². The topological polar surface area (TPSA) is 114 Å². The number of anilines is 2. The second-order valence-electron chi connectivity index (χ2n) is 6.71. The van der Waals surface area contributed by atoms with Gasteiger partial charge in [-0.05, 0) is 51.1 Å². The van der Waals surface area contributed by atoms with Gasteiger partial charge in [0.2, 0.25) is 0 Å². The summed E-state index contributed by atoms with van der Waals surface area (Å²) in [5.41, 5.74) is 2.00. The third kappa shape index (κ3) is 5.00. The van der Waals surface area contributed by atoms with Gasteiger partial charge in [0.25, 0.3) is 0 Å². The number of hydrogen-bond donors (Lipinski definition) is 3. The Bertz CT molecular complexity index is 1190. The molecule has 0 aliphatic rings. The van der Waals surface area contributed by atoms with Crippen molar-refractivity contribution in [2.45, 2.75) is 27.3 Å². The summed E-state index contributed by atoms with van der Waals surface area (Å²) < 4.78 is 12.0. The highest BCUT2D eigenvalue weighted by molar-refractivity contribution is 6.04. The van der Waals surface area contributed by atoms with Crippen LogP contribution in [0.3, 0.4) is 0 Å². The Balaban J connectivity index is 2.08. The molecule has 0 fully saturated rings. The second kappa shape index (κ2) is 10.3. The molecule has 0 unspecified atom stereocenters. The molecule has 0 saturated heterocycles. The first kappa shape index (κ1) is 22.7. The first-order valence-corrected chi connectivity index (χ1v) is 10.4. The first-order chi connectivity index (χ1) is 15.5. The Labute approximate surface area is 185 Å². The second-order valence-corrected chi connectivity index (χ2v) is 6.71. The number of H-pyrrole nitrogens is 1. The monoisotopic (exact) mass is 438 g/mol. The third-order valence-corrected chi connectivity index (χ3v) is 4.61. The summed E-state index contributed by atoms with van der Waals surface area (Å²) in [6.45, 7) is 6.01. The average Bonchev–Trinajstić information content (AvgIpc) is 3.11. The summed E-state index contributed by atoms with van der Waals surface area (Å²) in [7, 11) is 0. The average molecular weight is 438 g/mol. The molecule has 0 spiro atoms. The van der Waals surface area contributed by atoms with E-state index in [-0.39, 0.29) is 30.3 Å². The lowest BCUT2D eigenvalue weighted by Crippen LogP contribution is -2.25. The summed E-state index contributed by atoms with van der Waals surface area (Å²) in [6, 6.07) is 14.1. The Kier molecular flexibility index (Phi) is 7.33. The predicted octanol–water partition coefficient (Wildman–Crippen LogP) is 3.21. The van der Waals surface area contributed by atoms with E-state index < -0.39 is 11.9 Å². The van der Waals surface area contributed by atoms with E-state index in [4.69, 9.17) is 9.47 Å². The normalized spacial score (nSPS) is 11.6. The molecule has 0 saturated carbocycles. The number of fused-ring (bicyclic) bond motifs is 1. The molecule has 0 amide bonds. The van der Waals surface area contributed by atoms with Crippen LogP contribution in [-0.4, -0.2) is 34.7 Å². The number of nitrogens with zero attached hydrogens (tertiary/aromatic N) is 1. The Morgan fingerprint density at radius 2 is 1.47 bits per heavy atom. The zero-order chi connectivity index (χ0) is 23.1. The molecule has 3 rings (SSSR count). The van der Waals surface area contributed by atoms with Crippen LogP contribution >= 0.6 is 0 Å². The third-order valence-electron chi connectivity index (χ3n) is 4.61. The maximum absolute atomic E-state index is 12.8. The van der Waals surface area contributed by atoms with Crippen LogP contribution in [0.25, 0.3) is 11.0 Å². The number of para-hydroxylation sites is 1. The molecular formula is C23H26N4O5. The molecule has 0 aliphatic heterocycles. The van der Waals surface area contributed by atoms with E-state index in [2.05, 4.69) is 15.6 Å². The molecule has 1 aromatic heterocycles. The van der Waals surface area contributed by atoms with Crippen LogP contribution in [0.15, 0.2) is 64.7 Å². The Morgan fingerprint density at radius 3 is 2.03 bits per heavy atom. The number of rotatable bonds is 9. The fraction of sp³-hybridized carbons (Fsp3) is 0.261. The maximum atomic E-state index is 12.8. The highest BCUT2D eigenvalue weighted by atomic mass is 16.5. The predicted molar refractivity (Wildman–Crippen MR) is 122 cm³/mol. The van der Waals surface area contributed by atoms with Gasteiger partial charge in [0.1, 0.15) is 0 Å². The standard InChI is InChI=1S/C23H26N4O5/c1-4-27-18-13-12-16(14-17(18)26-23(27)30)25-20(22(29)32-6-3)19(21(28)31-5-2)24-15-10-8-7-9-11-15/h7-14,24-25H,4-6H2,1-3H3,(H,26,30)/b20-19-. The van der Waals surface area contributed by atoms with E-state index in [1.165, 1.54) is 0 Å². The van der Waals surface area contributed by atoms with Gasteiger partial charge in [-0.2, -0.15) is 0 Å². The summed E-state index contributed by atoms with van der Waals surface area (Å²) >= 11 is 0. The molecule has 9 nitrogen and oxygen atoms in total.